The van der Waals surface area contributed by atoms with Crippen LogP contribution in [0.3, 0.4) is 0 Å². The zero-order valence-electron chi connectivity index (χ0n) is 14.7. The summed E-state index contributed by atoms with van der Waals surface area (Å²) in [6.45, 7) is 4.92. The molecule has 1 aromatic rings. The Hall–Kier alpha value is -2.52. The summed E-state index contributed by atoms with van der Waals surface area (Å²) in [7, 11) is 0. The van der Waals surface area contributed by atoms with Crippen molar-refractivity contribution in [3.8, 4) is 12.3 Å². The van der Waals surface area contributed by atoms with Gasteiger partial charge in [0.25, 0.3) is 0 Å². The van der Waals surface area contributed by atoms with Crippen molar-refractivity contribution in [2.75, 3.05) is 38.0 Å². The Kier molecular flexibility index (Phi) is 7.30. The number of nitrogens with one attached hydrogen (secondary N) is 3. The van der Waals surface area contributed by atoms with Gasteiger partial charge in [0.15, 0.2) is 0 Å². The van der Waals surface area contributed by atoms with Crippen molar-refractivity contribution in [1.29, 1.82) is 0 Å². The van der Waals surface area contributed by atoms with E-state index in [4.69, 9.17) is 6.42 Å². The highest BCUT2D eigenvalue weighted by atomic mass is 16.2. The minimum absolute atomic E-state index is 0.0522. The maximum absolute atomic E-state index is 12.0. The van der Waals surface area contributed by atoms with Crippen molar-refractivity contribution < 1.29 is 9.59 Å². The molecule has 0 saturated carbocycles. The summed E-state index contributed by atoms with van der Waals surface area (Å²) in [5.74, 6) is 2.69. The zero-order valence-corrected chi connectivity index (χ0v) is 14.7. The van der Waals surface area contributed by atoms with E-state index in [1.807, 2.05) is 31.2 Å². The molecule has 2 rings (SSSR count). The van der Waals surface area contributed by atoms with Crippen molar-refractivity contribution >= 4 is 17.6 Å². The van der Waals surface area contributed by atoms with Crippen LogP contribution in [0.25, 0.3) is 0 Å². The molecule has 0 spiro atoms. The lowest BCUT2D eigenvalue weighted by atomic mass is 9.98. The highest BCUT2D eigenvalue weighted by molar-refractivity contribution is 5.89. The van der Waals surface area contributed by atoms with E-state index in [-0.39, 0.29) is 18.5 Å². The molecule has 0 aliphatic carbocycles. The van der Waals surface area contributed by atoms with E-state index >= 15 is 0 Å². The Labute approximate surface area is 149 Å². The van der Waals surface area contributed by atoms with E-state index in [2.05, 4.69) is 26.8 Å². The van der Waals surface area contributed by atoms with E-state index in [9.17, 15) is 9.59 Å². The van der Waals surface area contributed by atoms with E-state index in [0.717, 1.165) is 37.2 Å². The lowest BCUT2D eigenvalue weighted by Crippen LogP contribution is -2.45. The first-order valence-corrected chi connectivity index (χ1v) is 8.61. The predicted octanol–water partition coefficient (Wildman–Crippen LogP) is 1.58. The molecule has 25 heavy (non-hydrogen) atoms. The van der Waals surface area contributed by atoms with Crippen molar-refractivity contribution in [1.82, 2.24) is 15.5 Å². The number of benzene rings is 1. The van der Waals surface area contributed by atoms with Crippen LogP contribution < -0.4 is 16.0 Å². The molecule has 0 bridgehead atoms. The van der Waals surface area contributed by atoms with Crippen LogP contribution in [0, 0.1) is 25.2 Å². The average Bonchev–Trinajstić information content (AvgIpc) is 2.60. The van der Waals surface area contributed by atoms with Crippen molar-refractivity contribution in [3.05, 3.63) is 29.8 Å². The van der Waals surface area contributed by atoms with Gasteiger partial charge in [-0.05, 0) is 44.4 Å². The van der Waals surface area contributed by atoms with E-state index < -0.39 is 0 Å². The van der Waals surface area contributed by atoms with Gasteiger partial charge < -0.3 is 16.0 Å². The van der Waals surface area contributed by atoms with Crippen LogP contribution >= 0.6 is 0 Å². The van der Waals surface area contributed by atoms with Gasteiger partial charge in [-0.15, -0.1) is 6.42 Å². The molecule has 1 aliphatic heterocycles. The number of likely N-dealkylation sites (tertiary alicyclic amines) is 1. The molecule has 0 radical (unpaired) electrons. The quantitative estimate of drug-likeness (QED) is 0.687. The van der Waals surface area contributed by atoms with Crippen LogP contribution in [-0.2, 0) is 4.79 Å². The molecule has 3 amide bonds. The second kappa shape index (κ2) is 9.70. The number of terminal acetylenes is 1. The number of rotatable bonds is 6. The van der Waals surface area contributed by atoms with Gasteiger partial charge in [-0.25, -0.2) is 4.79 Å². The van der Waals surface area contributed by atoms with Crippen LogP contribution in [0.2, 0.25) is 0 Å². The maximum Gasteiger partial charge on any atom is 0.319 e. The Bertz CT molecular complexity index is 621. The summed E-state index contributed by atoms with van der Waals surface area (Å²) in [6, 6.07) is 7.48. The average molecular weight is 342 g/mol. The summed E-state index contributed by atoms with van der Waals surface area (Å²) < 4.78 is 0. The van der Waals surface area contributed by atoms with Gasteiger partial charge in [-0.3, -0.25) is 9.69 Å². The summed E-state index contributed by atoms with van der Waals surface area (Å²) in [6.07, 6.45) is 7.21. The molecule has 1 unspecified atom stereocenters. The van der Waals surface area contributed by atoms with Crippen LogP contribution in [0.15, 0.2) is 24.3 Å². The van der Waals surface area contributed by atoms with Gasteiger partial charge in [0.05, 0.1) is 13.1 Å². The highest BCUT2D eigenvalue weighted by Gasteiger charge is 2.21. The number of amides is 3. The fraction of sp³-hybridized carbons (Fsp3) is 0.474. The number of piperidine rings is 1. The van der Waals surface area contributed by atoms with Gasteiger partial charge in [0, 0.05) is 18.8 Å². The second-order valence-corrected chi connectivity index (χ2v) is 6.43. The largest absolute Gasteiger partial charge is 0.344 e. The van der Waals surface area contributed by atoms with Gasteiger partial charge in [-0.2, -0.15) is 0 Å². The Morgan fingerprint density at radius 2 is 2.04 bits per heavy atom. The molecule has 3 N–H and O–H groups in total. The standard InChI is InChI=1S/C19H26N4O2/c1-3-10-20-18(24)14-23-11-4-5-16(13-23)12-21-19(25)22-17-8-6-15(2)7-9-17/h1,6-9,16H,4-5,10-14H2,2H3,(H,20,24)(H2,21,22,25). The molecule has 1 aliphatic rings. The SMILES string of the molecule is C#CCNC(=O)CN1CCCC(CNC(=O)Nc2ccc(C)cc2)C1. The molecule has 0 aromatic heterocycles. The molecular formula is C19H26N4O2. The fourth-order valence-electron chi connectivity index (χ4n) is 2.92. The van der Waals surface area contributed by atoms with Crippen molar-refractivity contribution in [2.45, 2.75) is 19.8 Å². The van der Waals surface area contributed by atoms with Crippen LogP contribution in [-0.4, -0.2) is 49.6 Å². The van der Waals surface area contributed by atoms with E-state index in [0.29, 0.717) is 19.0 Å². The van der Waals surface area contributed by atoms with Gasteiger partial charge in [-0.1, -0.05) is 23.6 Å². The third-order valence-electron chi connectivity index (χ3n) is 4.22. The molecule has 6 heteroatoms. The zero-order chi connectivity index (χ0) is 18.1. The van der Waals surface area contributed by atoms with Crippen LogP contribution in [0.1, 0.15) is 18.4 Å². The summed E-state index contributed by atoms with van der Waals surface area (Å²) in [4.78, 5) is 25.9. The minimum Gasteiger partial charge on any atom is -0.344 e. The first kappa shape index (κ1) is 18.8. The fourth-order valence-corrected chi connectivity index (χ4v) is 2.92. The summed E-state index contributed by atoms with van der Waals surface area (Å²) in [5.41, 5.74) is 1.93. The summed E-state index contributed by atoms with van der Waals surface area (Å²) in [5, 5.41) is 8.43. The Morgan fingerprint density at radius 1 is 1.28 bits per heavy atom. The predicted molar refractivity (Wildman–Crippen MR) is 99.2 cm³/mol. The smallest absolute Gasteiger partial charge is 0.319 e. The topological polar surface area (TPSA) is 73.5 Å². The van der Waals surface area contributed by atoms with Crippen molar-refractivity contribution in [2.24, 2.45) is 5.92 Å². The van der Waals surface area contributed by atoms with Gasteiger partial charge in [0.1, 0.15) is 0 Å². The van der Waals surface area contributed by atoms with Crippen LogP contribution in [0.4, 0.5) is 10.5 Å². The number of aryl methyl sites for hydroxylation is 1. The number of urea groups is 1. The molecule has 1 saturated heterocycles. The van der Waals surface area contributed by atoms with Crippen LogP contribution in [0.5, 0.6) is 0 Å². The minimum atomic E-state index is -0.201. The molecular weight excluding hydrogens is 316 g/mol. The first-order valence-electron chi connectivity index (χ1n) is 8.61. The van der Waals surface area contributed by atoms with Crippen molar-refractivity contribution in [3.63, 3.8) is 0 Å². The Morgan fingerprint density at radius 3 is 2.76 bits per heavy atom. The Balaban J connectivity index is 1.71. The number of nitrogens with zero attached hydrogens (tertiary/aromatic N) is 1. The molecule has 1 atom stereocenters. The van der Waals surface area contributed by atoms with E-state index in [1.54, 1.807) is 0 Å². The molecule has 6 nitrogen and oxygen atoms in total. The summed E-state index contributed by atoms with van der Waals surface area (Å²) >= 11 is 0. The molecule has 1 aromatic carbocycles. The molecule has 1 heterocycles. The lowest BCUT2D eigenvalue weighted by Gasteiger charge is -2.32. The van der Waals surface area contributed by atoms with E-state index in [1.165, 1.54) is 0 Å². The molecule has 134 valence electrons. The number of hydrogen-bond donors (Lipinski definition) is 3. The second-order valence-electron chi connectivity index (χ2n) is 6.43. The number of anilines is 1. The van der Waals surface area contributed by atoms with Gasteiger partial charge in [0.2, 0.25) is 5.91 Å². The molecule has 1 fully saturated rings. The third-order valence-corrected chi connectivity index (χ3v) is 4.22. The normalized spacial score (nSPS) is 17.4. The first-order chi connectivity index (χ1) is 12.1. The number of carbonyl (C=O) groups is 2. The maximum atomic E-state index is 12.0. The lowest BCUT2D eigenvalue weighted by molar-refractivity contribution is -0.122. The van der Waals surface area contributed by atoms with Gasteiger partial charge >= 0.3 is 6.03 Å². The third kappa shape index (κ3) is 6.86. The number of carbonyl (C=O) groups excluding carboxylic acids is 2. The highest BCUT2D eigenvalue weighted by Crippen LogP contribution is 2.15. The monoisotopic (exact) mass is 342 g/mol. The number of hydrogen-bond acceptors (Lipinski definition) is 3.